The van der Waals surface area contributed by atoms with Gasteiger partial charge in [0.2, 0.25) is 0 Å². The number of H-pyrrole nitrogens is 4. The molecule has 0 fully saturated rings. The Morgan fingerprint density at radius 1 is 0.348 bits per heavy atom. The van der Waals surface area contributed by atoms with E-state index in [9.17, 15) is 52.8 Å². The number of hydrogen-bond acceptors (Lipinski definition) is 26. The summed E-state index contributed by atoms with van der Waals surface area (Å²) in [6, 6.07) is 42.1. The van der Waals surface area contributed by atoms with Crippen molar-refractivity contribution in [1.29, 1.82) is 0 Å². The maximum absolute atomic E-state index is 13.0. The Labute approximate surface area is 803 Å². The van der Waals surface area contributed by atoms with Gasteiger partial charge in [-0.2, -0.15) is 0 Å². The number of nitrogens with one attached hydrogen (secondary N) is 11. The van der Waals surface area contributed by atoms with Gasteiger partial charge in [0.05, 0.1) is 115 Å². The average molecular weight is 1950 g/mol. The zero-order valence-corrected chi connectivity index (χ0v) is 78.6. The number of nitrogens with zero attached hydrogens (tertiary/aromatic N) is 8. The molecule has 0 aliphatic carbocycles. The zero-order valence-electron chi connectivity index (χ0n) is 73.7. The largest absolute Gasteiger partial charge is 0.344 e. The Hall–Kier alpha value is -13.1. The van der Waals surface area contributed by atoms with Crippen LogP contribution in [0.15, 0.2) is 215 Å². The average Bonchev–Trinajstić information content (AvgIpc) is 1.75. The monoisotopic (exact) mass is 1950 g/mol. The molecular weight excluding hydrogens is 1830 g/mol. The first kappa shape index (κ1) is 96.5. The fourth-order valence-corrected chi connectivity index (χ4v) is 22.0. The number of benzene rings is 6. The predicted octanol–water partition coefficient (Wildman–Crippen LogP) is 18.6. The van der Waals surface area contributed by atoms with Crippen LogP contribution in [0.3, 0.4) is 0 Å². The molecule has 4 aliphatic rings. The number of aromatic nitrogens is 12. The maximum Gasteiger partial charge on any atom is 0.265 e. The minimum absolute atomic E-state index is 0. The smallest absolute Gasteiger partial charge is 0.265 e. The van der Waals surface area contributed by atoms with Gasteiger partial charge in [-0.25, -0.2) is 73.5 Å². The molecule has 31 nitrogen and oxygen atoms in total. The summed E-state index contributed by atoms with van der Waals surface area (Å²) < 4.78 is 99.0. The van der Waals surface area contributed by atoms with Gasteiger partial charge in [0.15, 0.2) is 67.7 Å². The number of Topliss-reactive ketones (excluding diaryl/α,β-unsaturated/α-hetero) is 1. The third kappa shape index (κ3) is 20.6. The zero-order chi connectivity index (χ0) is 93.4. The fraction of sp³-hybridized carbons (Fsp3) is 0.265. The molecule has 0 bridgehead atoms. The Morgan fingerprint density at radius 3 is 1.11 bits per heavy atom. The van der Waals surface area contributed by atoms with Crippen LogP contribution in [-0.4, -0.2) is 158 Å². The van der Waals surface area contributed by atoms with Gasteiger partial charge in [0.25, 0.3) is 17.7 Å². The highest BCUT2D eigenvalue weighted by Crippen LogP contribution is 2.36. The SMILES string of the molecule is C.C.CC(C)S(=O)(=O)c1ccc(-c2cnc3[nH]cc(CC(=O)c4ccc5c(c4)CNCC5)c3n2)cc1.CC(C)S(=O)(=O)c1ccc(-c2cnc3[nH]cc(NC(=O)c4cc5c(s4)CCNC5)c3n2)cc1.CC(C)S(=O)(=O)c1ccc(-c2cnc3[nH]cc(NC(=O)c4cc5c(s4)CNCC5)c3n2)cc1.CC(C)S(=O)(=O)c1ccc(-c2cnc3[nH]cc(NC(=O)c4ccc5c(c4)CNC5)c3n2)cc1.[HH].[HH].[HH].[HH].[HH].[HH].[HH].[HH].[HH]. The quantitative estimate of drug-likeness (QED) is 0.0298. The van der Waals surface area contributed by atoms with Gasteiger partial charge in [-0.1, -0.05) is 81.6 Å². The molecule has 37 heteroatoms. The predicted molar refractivity (Wildman–Crippen MR) is 549 cm³/mol. The molecular formula is C98H121N19O12S6. The Balaban J connectivity index is 0.000000286. The summed E-state index contributed by atoms with van der Waals surface area (Å²) in [4.78, 5) is 105. The van der Waals surface area contributed by atoms with Crippen LogP contribution in [0.25, 0.3) is 89.7 Å². The van der Waals surface area contributed by atoms with E-state index < -0.39 is 60.3 Å². The summed E-state index contributed by atoms with van der Waals surface area (Å²) >= 11 is 3.03. The number of carbonyl (C=O) groups is 4. The fourth-order valence-electron chi connectivity index (χ4n) is 15.6. The number of fused-ring (bicyclic) bond motifs is 8. The second kappa shape index (κ2) is 40.2. The van der Waals surface area contributed by atoms with Crippen LogP contribution in [0.4, 0.5) is 17.1 Å². The van der Waals surface area contributed by atoms with Crippen LogP contribution in [0, 0.1) is 0 Å². The highest BCUT2D eigenvalue weighted by atomic mass is 32.2. The van der Waals surface area contributed by atoms with Gasteiger partial charge < -0.3 is 57.2 Å². The van der Waals surface area contributed by atoms with E-state index in [0.29, 0.717) is 105 Å². The van der Waals surface area contributed by atoms with Crippen molar-refractivity contribution in [2.45, 2.75) is 169 Å². The minimum Gasteiger partial charge on any atom is -0.344 e. The lowest BCUT2D eigenvalue weighted by Gasteiger charge is -2.17. The van der Waals surface area contributed by atoms with Crippen molar-refractivity contribution >= 4 is 147 Å². The van der Waals surface area contributed by atoms with E-state index in [1.54, 1.807) is 202 Å². The normalized spacial score (nSPS) is 13.6. The van der Waals surface area contributed by atoms with Crippen LogP contribution >= 0.6 is 22.7 Å². The summed E-state index contributed by atoms with van der Waals surface area (Å²) in [7, 11) is -13.4. The summed E-state index contributed by atoms with van der Waals surface area (Å²) in [5, 5.41) is 20.1. The molecule has 0 saturated carbocycles. The van der Waals surface area contributed by atoms with Gasteiger partial charge in [-0.3, -0.25) is 19.2 Å². The van der Waals surface area contributed by atoms with E-state index in [4.69, 9.17) is 4.98 Å². The van der Waals surface area contributed by atoms with E-state index in [1.165, 1.54) is 60.2 Å². The Bertz CT molecular complexity index is 7460. The van der Waals surface area contributed by atoms with Crippen molar-refractivity contribution in [2.75, 3.05) is 35.6 Å². The van der Waals surface area contributed by atoms with Crippen molar-refractivity contribution in [1.82, 2.24) is 81.1 Å². The minimum atomic E-state index is -3.34. The lowest BCUT2D eigenvalue weighted by molar-refractivity contribution is 0.0989. The summed E-state index contributed by atoms with van der Waals surface area (Å²) in [5.41, 5.74) is 20.8. The number of amides is 3. The Morgan fingerprint density at radius 2 is 0.681 bits per heavy atom. The third-order valence-corrected chi connectivity index (χ3v) is 34.6. The molecule has 0 radical (unpaired) electrons. The maximum atomic E-state index is 13.0. The molecule has 4 aliphatic heterocycles. The number of ketones is 1. The van der Waals surface area contributed by atoms with Gasteiger partial charge >= 0.3 is 0 Å². The third-order valence-electron chi connectivity index (χ3n) is 23.6. The van der Waals surface area contributed by atoms with Crippen molar-refractivity contribution in [3.8, 4) is 45.0 Å². The summed E-state index contributed by atoms with van der Waals surface area (Å²) in [6.45, 7) is 20.1. The van der Waals surface area contributed by atoms with E-state index in [1.807, 2.05) is 42.5 Å². The van der Waals surface area contributed by atoms with E-state index >= 15 is 0 Å². The number of carbonyl (C=O) groups excluding carboxylic acids is 4. The van der Waals surface area contributed by atoms with Gasteiger partial charge in [-0.05, 0) is 200 Å². The van der Waals surface area contributed by atoms with Crippen LogP contribution in [-0.2, 0) is 97.8 Å². The standard InChI is InChI=1S/C26H26N4O3S.C24H23N5O3S.2C23H23N5O3S2.2CH4.9H2/c1-16(2)34(32,33)22-7-5-18(6-8-22)23-15-29-26-25(30-23)21(14-28-26)12-24(31)19-4-3-17-9-10-27-13-20(17)11-19;1-14(2)33(31,32)19-7-5-15(6-8-19)20-12-26-23-22(28-20)21(13-27-23)29-24(30)16-3-4-17-10-25-11-18(17)9-16;1-13(2)33(30,31)16-5-3-14(4-6-16)17-11-25-22-21(27-17)18(12-26-22)28-23(29)20-9-15-10-24-8-7-19(15)32-20;1-13(2)33(30,31)16-5-3-14(4-6-16)17-10-25-22-21(27-17)18(11-26-22)28-23(29)19-9-15-7-8-24-12-20(15)32-19;;;;;;;;;;;/h3-8,11,14-16,27H,9-10,12-13H2,1-2H3,(H,28,29);3-9,12-14,25H,10-11H2,1-2H3,(H,26,27)(H,29,30);3-6,9,11-13,24H,7-8,10H2,1-2H3,(H,25,26)(H,28,29);3-6,9-11,13,24H,7-8,12H2,1-2H3,(H,25,26)(H,28,29);2*1H4;9*1H. The molecule has 0 unspecified atom stereocenters. The first-order valence-electron chi connectivity index (χ1n) is 43.3. The van der Waals surface area contributed by atoms with Crippen LogP contribution < -0.4 is 37.2 Å². The van der Waals surface area contributed by atoms with E-state index in [0.717, 1.165) is 105 Å². The molecule has 0 saturated heterocycles. The van der Waals surface area contributed by atoms with Gasteiger partial charge in [0.1, 0.15) is 22.1 Å². The first-order valence-corrected chi connectivity index (χ1v) is 51.1. The number of hydrogen-bond donors (Lipinski definition) is 11. The highest BCUT2D eigenvalue weighted by molar-refractivity contribution is 7.93. The van der Waals surface area contributed by atoms with Crippen LogP contribution in [0.1, 0.15) is 172 Å². The summed E-state index contributed by atoms with van der Waals surface area (Å²) in [6.07, 6.45) is 16.4. The number of sulfone groups is 4. The highest BCUT2D eigenvalue weighted by Gasteiger charge is 2.28. The molecule has 16 aromatic rings. The second-order valence-corrected chi connectivity index (χ2v) is 45.9. The number of rotatable bonds is 21. The molecule has 0 spiro atoms. The van der Waals surface area contributed by atoms with Crippen LogP contribution in [0.5, 0.6) is 0 Å². The number of anilines is 3. The van der Waals surface area contributed by atoms with Gasteiger partial charge in [-0.15, -0.1) is 22.7 Å². The van der Waals surface area contributed by atoms with Crippen molar-refractivity contribution in [3.05, 3.63) is 265 Å². The molecule has 20 rings (SSSR count). The van der Waals surface area contributed by atoms with Crippen molar-refractivity contribution in [2.24, 2.45) is 0 Å². The summed E-state index contributed by atoms with van der Waals surface area (Å²) in [5.74, 6) is -0.540. The first-order chi connectivity index (χ1) is 63.8. The molecule has 0 atom stereocenters. The molecule has 716 valence electrons. The molecule has 135 heavy (non-hydrogen) atoms. The molecule has 11 N–H and O–H groups in total. The van der Waals surface area contributed by atoms with Gasteiger partial charge in [0, 0.05) is 132 Å². The lowest BCUT2D eigenvalue weighted by Crippen LogP contribution is -2.23. The van der Waals surface area contributed by atoms with E-state index in [-0.39, 0.29) is 77.2 Å². The molecule has 6 aromatic carbocycles. The Kier molecular flexibility index (Phi) is 28.8. The second-order valence-electron chi connectivity index (χ2n) is 33.6. The lowest BCUT2D eigenvalue weighted by atomic mass is 9.95. The topological polar surface area (TPSA) is 455 Å². The number of aromatic amines is 4. The van der Waals surface area contributed by atoms with E-state index in [2.05, 4.69) is 98.1 Å². The van der Waals surface area contributed by atoms with Crippen molar-refractivity contribution in [3.63, 3.8) is 0 Å². The van der Waals surface area contributed by atoms with Crippen molar-refractivity contribution < 1.29 is 65.7 Å². The molecule has 14 heterocycles. The van der Waals surface area contributed by atoms with Crippen LogP contribution in [0.2, 0.25) is 0 Å². The number of thiophene rings is 2. The molecule has 10 aromatic heterocycles. The molecule has 3 amide bonds.